The molecule has 4 heteroatoms. The van der Waals surface area contributed by atoms with Gasteiger partial charge in [0.15, 0.2) is 0 Å². The van der Waals surface area contributed by atoms with Gasteiger partial charge in [-0.05, 0) is 32.5 Å². The first-order valence-corrected chi connectivity index (χ1v) is 7.30. The van der Waals surface area contributed by atoms with Gasteiger partial charge in [-0.15, -0.1) is 0 Å². The van der Waals surface area contributed by atoms with Gasteiger partial charge in [-0.3, -0.25) is 0 Å². The van der Waals surface area contributed by atoms with Crippen LogP contribution in [0.25, 0.3) is 0 Å². The van der Waals surface area contributed by atoms with Crippen molar-refractivity contribution >= 4 is 6.09 Å². The van der Waals surface area contributed by atoms with Crippen molar-refractivity contribution in [2.24, 2.45) is 0 Å². The molecule has 0 aromatic heterocycles. The number of hydrogen-bond donors (Lipinski definition) is 1. The smallest absolute Gasteiger partial charge is 0.407 e. The van der Waals surface area contributed by atoms with E-state index < -0.39 is 0 Å². The molecule has 0 saturated heterocycles. The lowest BCUT2D eigenvalue weighted by molar-refractivity contribution is 0.118. The molecule has 1 aliphatic rings. The molecule has 0 spiro atoms. The lowest BCUT2D eigenvalue weighted by Gasteiger charge is -2.36. The van der Waals surface area contributed by atoms with Gasteiger partial charge < -0.3 is 15.0 Å². The van der Waals surface area contributed by atoms with Gasteiger partial charge in [-0.2, -0.15) is 0 Å². The van der Waals surface area contributed by atoms with E-state index in [-0.39, 0.29) is 12.1 Å². The van der Waals surface area contributed by atoms with E-state index in [9.17, 15) is 4.79 Å². The molecule has 1 amide bonds. The molecule has 0 aliphatic heterocycles. The predicted molar refractivity (Wildman–Crippen MR) is 79.5 cm³/mol. The van der Waals surface area contributed by atoms with Gasteiger partial charge in [0.25, 0.3) is 0 Å². The Hall–Kier alpha value is -1.55. The van der Waals surface area contributed by atoms with Gasteiger partial charge in [-0.25, -0.2) is 4.79 Å². The van der Waals surface area contributed by atoms with E-state index in [0.29, 0.717) is 12.6 Å². The third-order valence-electron chi connectivity index (χ3n) is 3.91. The van der Waals surface area contributed by atoms with E-state index in [1.54, 1.807) is 0 Å². The fourth-order valence-electron chi connectivity index (χ4n) is 2.81. The number of rotatable bonds is 4. The molecule has 110 valence electrons. The first-order valence-electron chi connectivity index (χ1n) is 7.30. The third kappa shape index (κ3) is 4.23. The Balaban J connectivity index is 1.81. The summed E-state index contributed by atoms with van der Waals surface area (Å²) in [5.41, 5.74) is 1.01. The summed E-state index contributed by atoms with van der Waals surface area (Å²) in [4.78, 5) is 14.1. The van der Waals surface area contributed by atoms with Crippen molar-refractivity contribution in [1.29, 1.82) is 0 Å². The van der Waals surface area contributed by atoms with Crippen LogP contribution in [0.3, 0.4) is 0 Å². The maximum absolute atomic E-state index is 11.9. The molecule has 20 heavy (non-hydrogen) atoms. The van der Waals surface area contributed by atoms with Crippen molar-refractivity contribution in [3.63, 3.8) is 0 Å². The van der Waals surface area contributed by atoms with Crippen LogP contribution in [0.4, 0.5) is 4.79 Å². The monoisotopic (exact) mass is 276 g/mol. The maximum Gasteiger partial charge on any atom is 0.407 e. The van der Waals surface area contributed by atoms with E-state index in [2.05, 4.69) is 24.3 Å². The second-order valence-corrected chi connectivity index (χ2v) is 5.63. The zero-order chi connectivity index (χ0) is 14.4. The van der Waals surface area contributed by atoms with E-state index >= 15 is 0 Å². The molecular weight excluding hydrogens is 252 g/mol. The Labute approximate surface area is 121 Å². The molecule has 2 rings (SSSR count). The van der Waals surface area contributed by atoms with Crippen LogP contribution in [-0.4, -0.2) is 37.2 Å². The molecule has 1 aromatic carbocycles. The number of nitrogens with one attached hydrogen (secondary N) is 1. The average molecular weight is 276 g/mol. The zero-order valence-corrected chi connectivity index (χ0v) is 12.3. The number of ether oxygens (including phenoxy) is 1. The van der Waals surface area contributed by atoms with Crippen molar-refractivity contribution in [1.82, 2.24) is 10.2 Å². The Bertz CT molecular complexity index is 420. The zero-order valence-electron chi connectivity index (χ0n) is 12.3. The normalized spacial score (nSPS) is 22.6. The number of carbonyl (C=O) groups is 1. The average Bonchev–Trinajstić information content (AvgIpc) is 2.46. The fourth-order valence-corrected chi connectivity index (χ4v) is 2.81. The van der Waals surface area contributed by atoms with E-state index in [4.69, 9.17) is 4.74 Å². The first-order chi connectivity index (χ1) is 9.66. The summed E-state index contributed by atoms with van der Waals surface area (Å²) in [6.07, 6.45) is 4.26. The van der Waals surface area contributed by atoms with Crippen molar-refractivity contribution in [2.75, 3.05) is 14.1 Å². The maximum atomic E-state index is 11.9. The molecule has 1 aliphatic carbocycles. The minimum absolute atomic E-state index is 0.196. The number of likely N-dealkylation sites (N-methyl/N-ethyl adjacent to an activating group) is 1. The second kappa shape index (κ2) is 7.29. The highest BCUT2D eigenvalue weighted by Crippen LogP contribution is 2.21. The summed E-state index contributed by atoms with van der Waals surface area (Å²) in [5.74, 6) is 0. The summed E-state index contributed by atoms with van der Waals surface area (Å²) in [7, 11) is 4.14. The van der Waals surface area contributed by atoms with Crippen LogP contribution in [0.1, 0.15) is 31.2 Å². The summed E-state index contributed by atoms with van der Waals surface area (Å²) < 4.78 is 5.29. The fraction of sp³-hybridized carbons (Fsp3) is 0.562. The van der Waals surface area contributed by atoms with Crippen molar-refractivity contribution in [3.8, 4) is 0 Å². The summed E-state index contributed by atoms with van der Waals surface area (Å²) in [5, 5.41) is 3.02. The Morgan fingerprint density at radius 1 is 1.25 bits per heavy atom. The molecule has 0 radical (unpaired) electrons. The highest BCUT2D eigenvalue weighted by Gasteiger charge is 2.28. The van der Waals surface area contributed by atoms with E-state index in [0.717, 1.165) is 18.4 Å². The van der Waals surface area contributed by atoms with E-state index in [1.807, 2.05) is 30.3 Å². The third-order valence-corrected chi connectivity index (χ3v) is 3.91. The molecule has 1 saturated carbocycles. The van der Waals surface area contributed by atoms with Gasteiger partial charge in [0.2, 0.25) is 0 Å². The summed E-state index contributed by atoms with van der Waals surface area (Å²) in [6, 6.07) is 10.4. The summed E-state index contributed by atoms with van der Waals surface area (Å²) in [6.45, 7) is 0.325. The van der Waals surface area contributed by atoms with Crippen molar-refractivity contribution < 1.29 is 9.53 Å². The topological polar surface area (TPSA) is 41.6 Å². The van der Waals surface area contributed by atoms with Crippen LogP contribution in [0.2, 0.25) is 0 Å². The van der Waals surface area contributed by atoms with Crippen LogP contribution in [-0.2, 0) is 11.3 Å². The molecule has 2 atom stereocenters. The largest absolute Gasteiger partial charge is 0.445 e. The number of alkyl carbamates (subject to hydrolysis) is 1. The standard InChI is InChI=1S/C16H24N2O2/c1-18(2)15-11-7-6-10-14(15)17-16(19)20-12-13-8-4-3-5-9-13/h3-5,8-9,14-15H,6-7,10-12H2,1-2H3,(H,17,19)/t14-,15-/m1/s1. The first kappa shape index (κ1) is 14.9. The van der Waals surface area contributed by atoms with Gasteiger partial charge in [-0.1, -0.05) is 43.2 Å². The molecule has 0 heterocycles. The number of nitrogens with zero attached hydrogens (tertiary/aromatic N) is 1. The highest BCUT2D eigenvalue weighted by molar-refractivity contribution is 5.67. The molecule has 1 N–H and O–H groups in total. The van der Waals surface area contributed by atoms with Gasteiger partial charge in [0.1, 0.15) is 6.61 Å². The predicted octanol–water partition coefficient (Wildman–Crippen LogP) is 2.79. The molecule has 4 nitrogen and oxygen atoms in total. The summed E-state index contributed by atoms with van der Waals surface area (Å²) >= 11 is 0. The number of hydrogen-bond acceptors (Lipinski definition) is 3. The molecule has 0 unspecified atom stereocenters. The minimum Gasteiger partial charge on any atom is -0.445 e. The van der Waals surface area contributed by atoms with Crippen LogP contribution in [0.5, 0.6) is 0 Å². The Morgan fingerprint density at radius 3 is 2.65 bits per heavy atom. The van der Waals surface area contributed by atoms with Gasteiger partial charge in [0, 0.05) is 12.1 Å². The number of amides is 1. The number of benzene rings is 1. The second-order valence-electron chi connectivity index (χ2n) is 5.63. The van der Waals surface area contributed by atoms with Crippen LogP contribution in [0.15, 0.2) is 30.3 Å². The molecule has 1 aromatic rings. The molecule has 1 fully saturated rings. The number of carbonyl (C=O) groups excluding carboxylic acids is 1. The highest BCUT2D eigenvalue weighted by atomic mass is 16.5. The Morgan fingerprint density at radius 2 is 1.95 bits per heavy atom. The van der Waals surface area contributed by atoms with Gasteiger partial charge in [0.05, 0.1) is 0 Å². The van der Waals surface area contributed by atoms with Gasteiger partial charge >= 0.3 is 6.09 Å². The lowest BCUT2D eigenvalue weighted by Crippen LogP contribution is -2.51. The molecule has 0 bridgehead atoms. The van der Waals surface area contributed by atoms with Crippen molar-refractivity contribution in [3.05, 3.63) is 35.9 Å². The Kier molecular flexibility index (Phi) is 5.41. The van der Waals surface area contributed by atoms with Crippen LogP contribution in [0, 0.1) is 0 Å². The van der Waals surface area contributed by atoms with Crippen LogP contribution >= 0.6 is 0 Å². The minimum atomic E-state index is -0.312. The van der Waals surface area contributed by atoms with Crippen LogP contribution < -0.4 is 5.32 Å². The molecular formula is C16H24N2O2. The lowest BCUT2D eigenvalue weighted by atomic mass is 9.90. The van der Waals surface area contributed by atoms with Crippen molar-refractivity contribution in [2.45, 2.75) is 44.4 Å². The van der Waals surface area contributed by atoms with E-state index in [1.165, 1.54) is 12.8 Å². The quantitative estimate of drug-likeness (QED) is 0.919. The SMILES string of the molecule is CN(C)[C@@H]1CCCC[C@H]1NC(=O)OCc1ccccc1.